The Balaban J connectivity index is 2.52. The van der Waals surface area contributed by atoms with Crippen LogP contribution in [0.2, 0.25) is 0 Å². The number of esters is 1. The fourth-order valence-electron chi connectivity index (χ4n) is 2.82. The van der Waals surface area contributed by atoms with Crippen molar-refractivity contribution in [2.45, 2.75) is 18.5 Å². The summed E-state index contributed by atoms with van der Waals surface area (Å²) in [7, 11) is 1.25. The van der Waals surface area contributed by atoms with Crippen molar-refractivity contribution in [1.29, 1.82) is 0 Å². The summed E-state index contributed by atoms with van der Waals surface area (Å²) in [6.07, 6.45) is -4.44. The highest BCUT2D eigenvalue weighted by Gasteiger charge is 2.49. The first-order chi connectivity index (χ1) is 9.30. The number of carbonyl (C=O) groups is 1. The lowest BCUT2D eigenvalue weighted by atomic mass is 9.72. The van der Waals surface area contributed by atoms with Crippen molar-refractivity contribution in [3.63, 3.8) is 0 Å². The molecule has 0 spiro atoms. The van der Waals surface area contributed by atoms with Gasteiger partial charge in [0.1, 0.15) is 0 Å². The molecule has 0 saturated carbocycles. The molecule has 110 valence electrons. The molecule has 1 aliphatic heterocycles. The van der Waals surface area contributed by atoms with E-state index in [1.165, 1.54) is 19.2 Å². The number of rotatable bonds is 2. The molecule has 0 bridgehead atoms. The lowest BCUT2D eigenvalue weighted by Crippen LogP contribution is -2.38. The summed E-state index contributed by atoms with van der Waals surface area (Å²) in [6, 6.07) is 5.40. The molecule has 1 fully saturated rings. The normalized spacial score (nSPS) is 26.6. The Kier molecular flexibility index (Phi) is 3.77. The highest BCUT2D eigenvalue weighted by molar-refractivity contribution is 5.75. The van der Waals surface area contributed by atoms with Gasteiger partial charge in [-0.2, -0.15) is 13.2 Å². The summed E-state index contributed by atoms with van der Waals surface area (Å²) in [6.45, 7) is 2.29. The van der Waals surface area contributed by atoms with Crippen LogP contribution >= 0.6 is 0 Å². The Morgan fingerprint density at radius 3 is 2.65 bits per heavy atom. The maximum atomic E-state index is 13.1. The first-order valence-electron chi connectivity index (χ1n) is 6.26. The average molecular weight is 287 g/mol. The number of hydrogen-bond donors (Lipinski definition) is 1. The van der Waals surface area contributed by atoms with E-state index in [1.807, 2.05) is 0 Å². The summed E-state index contributed by atoms with van der Waals surface area (Å²) >= 11 is 0. The summed E-state index contributed by atoms with van der Waals surface area (Å²) in [4.78, 5) is 11.8. The van der Waals surface area contributed by atoms with Crippen molar-refractivity contribution in [2.75, 3.05) is 20.2 Å². The van der Waals surface area contributed by atoms with Crippen molar-refractivity contribution in [2.24, 2.45) is 5.92 Å². The molecule has 1 saturated heterocycles. The van der Waals surface area contributed by atoms with Gasteiger partial charge in [0.2, 0.25) is 0 Å². The van der Waals surface area contributed by atoms with Crippen LogP contribution in [-0.4, -0.2) is 26.2 Å². The summed E-state index contributed by atoms with van der Waals surface area (Å²) in [5, 5.41) is 2.99. The molecular formula is C14H16F3NO2. The maximum Gasteiger partial charge on any atom is 0.416 e. The minimum absolute atomic E-state index is 0.132. The number of nitrogens with one attached hydrogen (secondary N) is 1. The highest BCUT2D eigenvalue weighted by Crippen LogP contribution is 2.42. The van der Waals surface area contributed by atoms with E-state index in [2.05, 4.69) is 5.32 Å². The third kappa shape index (κ3) is 2.40. The Morgan fingerprint density at radius 1 is 1.40 bits per heavy atom. The van der Waals surface area contributed by atoms with E-state index in [9.17, 15) is 18.0 Å². The van der Waals surface area contributed by atoms with Gasteiger partial charge in [0.05, 0.1) is 18.6 Å². The van der Waals surface area contributed by atoms with Crippen LogP contribution < -0.4 is 5.32 Å². The zero-order valence-electron chi connectivity index (χ0n) is 11.3. The van der Waals surface area contributed by atoms with Gasteiger partial charge in [-0.05, 0) is 11.6 Å². The number of alkyl halides is 3. The van der Waals surface area contributed by atoms with Gasteiger partial charge in [0.15, 0.2) is 0 Å². The van der Waals surface area contributed by atoms with E-state index in [0.717, 1.165) is 6.07 Å². The number of methoxy groups -OCH3 is 1. The molecule has 0 radical (unpaired) electrons. The van der Waals surface area contributed by atoms with Crippen molar-refractivity contribution in [1.82, 2.24) is 5.32 Å². The minimum Gasteiger partial charge on any atom is -0.469 e. The second-order valence-electron chi connectivity index (χ2n) is 5.17. The predicted molar refractivity (Wildman–Crippen MR) is 67.2 cm³/mol. The van der Waals surface area contributed by atoms with Gasteiger partial charge in [-0.3, -0.25) is 4.79 Å². The van der Waals surface area contributed by atoms with Crippen molar-refractivity contribution in [3.8, 4) is 0 Å². The number of hydrogen-bond acceptors (Lipinski definition) is 3. The number of carbonyl (C=O) groups excluding carboxylic acids is 1. The molecule has 0 aliphatic carbocycles. The van der Waals surface area contributed by atoms with Gasteiger partial charge in [0.25, 0.3) is 0 Å². The first kappa shape index (κ1) is 14.8. The predicted octanol–water partition coefficient (Wildman–Crippen LogP) is 2.36. The second kappa shape index (κ2) is 5.09. The van der Waals surface area contributed by atoms with Gasteiger partial charge in [0, 0.05) is 18.5 Å². The third-order valence-corrected chi connectivity index (χ3v) is 3.94. The highest BCUT2D eigenvalue weighted by atomic mass is 19.4. The van der Waals surface area contributed by atoms with Gasteiger partial charge < -0.3 is 10.1 Å². The maximum absolute atomic E-state index is 13.1. The SMILES string of the molecule is COC(=O)C1CNCC1(C)c1ccccc1C(F)(F)F. The van der Waals surface area contributed by atoms with Crippen LogP contribution in [0.15, 0.2) is 24.3 Å². The molecule has 6 heteroatoms. The van der Waals surface area contributed by atoms with E-state index >= 15 is 0 Å². The second-order valence-corrected chi connectivity index (χ2v) is 5.17. The number of ether oxygens (including phenoxy) is 1. The zero-order valence-corrected chi connectivity index (χ0v) is 11.3. The van der Waals surface area contributed by atoms with E-state index < -0.39 is 29.0 Å². The zero-order chi connectivity index (χ0) is 15.0. The molecule has 1 aromatic rings. The molecule has 3 nitrogen and oxygen atoms in total. The largest absolute Gasteiger partial charge is 0.469 e. The Hall–Kier alpha value is -1.56. The van der Waals surface area contributed by atoms with Crippen molar-refractivity contribution in [3.05, 3.63) is 35.4 Å². The number of benzene rings is 1. The van der Waals surface area contributed by atoms with Gasteiger partial charge >= 0.3 is 12.1 Å². The van der Waals surface area contributed by atoms with Gasteiger partial charge in [-0.25, -0.2) is 0 Å². The van der Waals surface area contributed by atoms with Crippen LogP contribution in [0.3, 0.4) is 0 Å². The Labute approximate surface area is 115 Å². The van der Waals surface area contributed by atoms with E-state index in [-0.39, 0.29) is 5.56 Å². The molecule has 1 N–H and O–H groups in total. The molecule has 1 heterocycles. The molecule has 1 aromatic carbocycles. The summed E-state index contributed by atoms with van der Waals surface area (Å²) < 4.78 is 44.2. The van der Waals surface area contributed by atoms with Crippen LogP contribution in [-0.2, 0) is 21.1 Å². The lowest BCUT2D eigenvalue weighted by molar-refractivity contribution is -0.148. The van der Waals surface area contributed by atoms with Crippen LogP contribution in [0.25, 0.3) is 0 Å². The molecule has 2 rings (SSSR count). The van der Waals surface area contributed by atoms with Crippen molar-refractivity contribution >= 4 is 5.97 Å². The van der Waals surface area contributed by atoms with Gasteiger partial charge in [-0.15, -0.1) is 0 Å². The first-order valence-corrected chi connectivity index (χ1v) is 6.26. The lowest BCUT2D eigenvalue weighted by Gasteiger charge is -2.31. The van der Waals surface area contributed by atoms with Crippen LogP contribution in [0.4, 0.5) is 13.2 Å². The third-order valence-electron chi connectivity index (χ3n) is 3.94. The topological polar surface area (TPSA) is 38.3 Å². The number of halogens is 3. The average Bonchev–Trinajstić information content (AvgIpc) is 2.80. The fourth-order valence-corrected chi connectivity index (χ4v) is 2.82. The van der Waals surface area contributed by atoms with E-state index in [1.54, 1.807) is 13.0 Å². The monoisotopic (exact) mass is 287 g/mol. The molecule has 2 unspecified atom stereocenters. The van der Waals surface area contributed by atoms with Crippen LogP contribution in [0, 0.1) is 5.92 Å². The molecule has 20 heavy (non-hydrogen) atoms. The van der Waals surface area contributed by atoms with Crippen LogP contribution in [0.1, 0.15) is 18.1 Å². The van der Waals surface area contributed by atoms with E-state index in [4.69, 9.17) is 4.74 Å². The van der Waals surface area contributed by atoms with Crippen LogP contribution in [0.5, 0.6) is 0 Å². The molecule has 2 atom stereocenters. The smallest absolute Gasteiger partial charge is 0.416 e. The Morgan fingerprint density at radius 2 is 2.05 bits per heavy atom. The quantitative estimate of drug-likeness (QED) is 0.849. The standard InChI is InChI=1S/C14H16F3NO2/c1-13(8-18-7-11(13)12(19)20-2)9-5-3-4-6-10(9)14(15,16)17/h3-6,11,18H,7-8H2,1-2H3. The summed E-state index contributed by atoms with van der Waals surface area (Å²) in [5.74, 6) is -1.12. The molecule has 0 aromatic heterocycles. The Bertz CT molecular complexity index is 515. The molecule has 1 aliphatic rings. The van der Waals surface area contributed by atoms with Crippen molar-refractivity contribution < 1.29 is 22.7 Å². The molecule has 0 amide bonds. The molecular weight excluding hydrogens is 271 g/mol. The van der Waals surface area contributed by atoms with E-state index in [0.29, 0.717) is 13.1 Å². The fraction of sp³-hybridized carbons (Fsp3) is 0.500. The minimum atomic E-state index is -4.44. The summed E-state index contributed by atoms with van der Waals surface area (Å²) in [5.41, 5.74) is -1.49. The van der Waals surface area contributed by atoms with Gasteiger partial charge in [-0.1, -0.05) is 25.1 Å².